The number of morpholine rings is 1. The van der Waals surface area contributed by atoms with E-state index in [4.69, 9.17) is 9.26 Å². The highest BCUT2D eigenvalue weighted by Gasteiger charge is 2.28. The average Bonchev–Trinajstić information content (AvgIpc) is 3.14. The number of nitrogens with zero attached hydrogens (tertiary/aromatic N) is 3. The zero-order chi connectivity index (χ0) is 16.2. The van der Waals surface area contributed by atoms with Crippen LogP contribution in [0, 0.1) is 5.92 Å². The SMILES string of the molecule is c1ccc(-c2noc([C@H]3CN(CC4CCCCC4)CCO3)n2)cc1. The van der Waals surface area contributed by atoms with Crippen molar-refractivity contribution < 1.29 is 9.26 Å². The molecule has 0 spiro atoms. The normalized spacial score (nSPS) is 23.4. The summed E-state index contributed by atoms with van der Waals surface area (Å²) in [5.74, 6) is 2.08. The Labute approximate surface area is 143 Å². The summed E-state index contributed by atoms with van der Waals surface area (Å²) in [7, 11) is 0. The molecule has 2 fully saturated rings. The average molecular weight is 327 g/mol. The van der Waals surface area contributed by atoms with Crippen LogP contribution in [-0.2, 0) is 4.74 Å². The Balaban J connectivity index is 1.40. The lowest BCUT2D eigenvalue weighted by Gasteiger charge is -2.34. The fourth-order valence-corrected chi connectivity index (χ4v) is 3.82. The molecule has 2 aliphatic rings. The number of hydrogen-bond donors (Lipinski definition) is 0. The van der Waals surface area contributed by atoms with Gasteiger partial charge in [-0.3, -0.25) is 4.90 Å². The summed E-state index contributed by atoms with van der Waals surface area (Å²) in [4.78, 5) is 7.07. The van der Waals surface area contributed by atoms with Gasteiger partial charge in [0.05, 0.1) is 6.61 Å². The van der Waals surface area contributed by atoms with Crippen LogP contribution < -0.4 is 0 Å². The van der Waals surface area contributed by atoms with Gasteiger partial charge in [0.1, 0.15) is 6.10 Å². The lowest BCUT2D eigenvalue weighted by molar-refractivity contribution is -0.0499. The van der Waals surface area contributed by atoms with Crippen LogP contribution in [0.3, 0.4) is 0 Å². The number of aromatic nitrogens is 2. The molecule has 0 bridgehead atoms. The molecule has 1 aliphatic carbocycles. The zero-order valence-corrected chi connectivity index (χ0v) is 14.1. The summed E-state index contributed by atoms with van der Waals surface area (Å²) in [6, 6.07) is 9.93. The summed E-state index contributed by atoms with van der Waals surface area (Å²) in [6.07, 6.45) is 6.84. The minimum atomic E-state index is -0.104. The molecule has 4 rings (SSSR count). The van der Waals surface area contributed by atoms with E-state index in [1.807, 2.05) is 30.3 Å². The van der Waals surface area contributed by atoms with Crippen LogP contribution in [0.4, 0.5) is 0 Å². The van der Waals surface area contributed by atoms with Crippen molar-refractivity contribution in [3.05, 3.63) is 36.2 Å². The first kappa shape index (κ1) is 15.8. The van der Waals surface area contributed by atoms with Crippen LogP contribution in [0.5, 0.6) is 0 Å². The first-order valence-electron chi connectivity index (χ1n) is 9.11. The molecule has 0 amide bonds. The Hall–Kier alpha value is -1.72. The zero-order valence-electron chi connectivity index (χ0n) is 14.1. The Morgan fingerprint density at radius 2 is 1.92 bits per heavy atom. The second kappa shape index (κ2) is 7.45. The molecular formula is C19H25N3O2. The van der Waals surface area contributed by atoms with Gasteiger partial charge < -0.3 is 9.26 Å². The third-order valence-corrected chi connectivity index (χ3v) is 5.14. The van der Waals surface area contributed by atoms with Crippen molar-refractivity contribution >= 4 is 0 Å². The number of rotatable bonds is 4. The highest BCUT2D eigenvalue weighted by molar-refractivity contribution is 5.53. The van der Waals surface area contributed by atoms with Gasteiger partial charge in [-0.25, -0.2) is 0 Å². The van der Waals surface area contributed by atoms with Gasteiger partial charge in [-0.15, -0.1) is 0 Å². The largest absolute Gasteiger partial charge is 0.366 e. The third-order valence-electron chi connectivity index (χ3n) is 5.14. The topological polar surface area (TPSA) is 51.4 Å². The minimum absolute atomic E-state index is 0.104. The molecule has 0 unspecified atom stereocenters. The lowest BCUT2D eigenvalue weighted by atomic mass is 9.89. The van der Waals surface area contributed by atoms with Crippen molar-refractivity contribution in [3.63, 3.8) is 0 Å². The van der Waals surface area contributed by atoms with E-state index in [1.54, 1.807) is 0 Å². The van der Waals surface area contributed by atoms with Gasteiger partial charge in [0.2, 0.25) is 5.82 Å². The monoisotopic (exact) mass is 327 g/mol. The van der Waals surface area contributed by atoms with E-state index in [0.717, 1.165) is 31.2 Å². The molecule has 2 heterocycles. The molecule has 1 aromatic heterocycles. The highest BCUT2D eigenvalue weighted by Crippen LogP contribution is 2.28. The van der Waals surface area contributed by atoms with Crippen molar-refractivity contribution in [3.8, 4) is 11.4 Å². The fraction of sp³-hybridized carbons (Fsp3) is 0.579. The third kappa shape index (κ3) is 3.68. The molecule has 5 nitrogen and oxygen atoms in total. The highest BCUT2D eigenvalue weighted by atomic mass is 16.5. The standard InChI is InChI=1S/C19H25N3O2/c1-3-7-15(8-4-1)13-22-11-12-23-17(14-22)19-20-18(21-24-19)16-9-5-2-6-10-16/h2,5-6,9-10,15,17H,1,3-4,7-8,11-14H2/t17-/m1/s1. The van der Waals surface area contributed by atoms with Crippen molar-refractivity contribution in [2.45, 2.75) is 38.2 Å². The van der Waals surface area contributed by atoms with Crippen LogP contribution in [0.1, 0.15) is 44.1 Å². The number of ether oxygens (including phenoxy) is 1. The van der Waals surface area contributed by atoms with Crippen LogP contribution in [-0.4, -0.2) is 41.3 Å². The molecule has 1 aromatic carbocycles. The van der Waals surface area contributed by atoms with Gasteiger partial charge in [-0.1, -0.05) is 54.8 Å². The van der Waals surface area contributed by atoms with Gasteiger partial charge in [0, 0.05) is 25.2 Å². The van der Waals surface area contributed by atoms with E-state index >= 15 is 0 Å². The van der Waals surface area contributed by atoms with Gasteiger partial charge in [-0.2, -0.15) is 4.98 Å². The number of hydrogen-bond acceptors (Lipinski definition) is 5. The van der Waals surface area contributed by atoms with Crippen LogP contribution >= 0.6 is 0 Å². The molecule has 0 N–H and O–H groups in total. The predicted octanol–water partition coefficient (Wildman–Crippen LogP) is 3.69. The first-order valence-corrected chi connectivity index (χ1v) is 9.11. The van der Waals surface area contributed by atoms with Crippen LogP contribution in [0.25, 0.3) is 11.4 Å². The van der Waals surface area contributed by atoms with Gasteiger partial charge in [0.15, 0.2) is 0 Å². The van der Waals surface area contributed by atoms with Crippen molar-refractivity contribution in [1.29, 1.82) is 0 Å². The molecule has 0 radical (unpaired) electrons. The molecule has 5 heteroatoms. The predicted molar refractivity (Wildman–Crippen MR) is 91.4 cm³/mol. The minimum Gasteiger partial charge on any atom is -0.366 e. The maximum Gasteiger partial charge on any atom is 0.257 e. The van der Waals surface area contributed by atoms with E-state index in [9.17, 15) is 0 Å². The van der Waals surface area contributed by atoms with Crippen LogP contribution in [0.2, 0.25) is 0 Å². The second-order valence-electron chi connectivity index (χ2n) is 6.95. The van der Waals surface area contributed by atoms with E-state index in [1.165, 1.54) is 38.6 Å². The summed E-state index contributed by atoms with van der Waals surface area (Å²) >= 11 is 0. The van der Waals surface area contributed by atoms with Crippen molar-refractivity contribution in [2.24, 2.45) is 5.92 Å². The summed E-state index contributed by atoms with van der Waals surface area (Å²) in [5, 5.41) is 4.12. The van der Waals surface area contributed by atoms with Gasteiger partial charge in [-0.05, 0) is 18.8 Å². The molecular weight excluding hydrogens is 302 g/mol. The van der Waals surface area contributed by atoms with Gasteiger partial charge >= 0.3 is 0 Å². The van der Waals surface area contributed by atoms with E-state index in [-0.39, 0.29) is 6.10 Å². The Bertz CT molecular complexity index is 637. The summed E-state index contributed by atoms with van der Waals surface area (Å²) in [5.41, 5.74) is 0.974. The lowest BCUT2D eigenvalue weighted by Crippen LogP contribution is -2.41. The smallest absolute Gasteiger partial charge is 0.257 e. The Morgan fingerprint density at radius 3 is 2.75 bits per heavy atom. The molecule has 2 aromatic rings. The maximum atomic E-state index is 5.89. The van der Waals surface area contributed by atoms with E-state index < -0.39 is 0 Å². The number of benzene rings is 1. The van der Waals surface area contributed by atoms with Gasteiger partial charge in [0.25, 0.3) is 5.89 Å². The molecule has 1 aliphatic heterocycles. The summed E-state index contributed by atoms with van der Waals surface area (Å²) < 4.78 is 11.4. The molecule has 128 valence electrons. The first-order chi connectivity index (χ1) is 11.9. The molecule has 24 heavy (non-hydrogen) atoms. The maximum absolute atomic E-state index is 5.89. The Kier molecular flexibility index (Phi) is 4.90. The Morgan fingerprint density at radius 1 is 1.08 bits per heavy atom. The second-order valence-corrected chi connectivity index (χ2v) is 6.95. The van der Waals surface area contributed by atoms with E-state index in [0.29, 0.717) is 11.7 Å². The quantitative estimate of drug-likeness (QED) is 0.857. The molecule has 1 saturated heterocycles. The molecule has 1 saturated carbocycles. The summed E-state index contributed by atoms with van der Waals surface area (Å²) in [6.45, 7) is 3.78. The van der Waals surface area contributed by atoms with Crippen molar-refractivity contribution in [1.82, 2.24) is 15.0 Å². The molecule has 1 atom stereocenters. The van der Waals surface area contributed by atoms with Crippen LogP contribution in [0.15, 0.2) is 34.9 Å². The van der Waals surface area contributed by atoms with E-state index in [2.05, 4.69) is 15.0 Å². The van der Waals surface area contributed by atoms with Crippen molar-refractivity contribution in [2.75, 3.05) is 26.2 Å². The fourth-order valence-electron chi connectivity index (χ4n) is 3.82.